The standard InChI is InChI=1S/C11H22N2O3S/c1-3-16-10(14)5-4-7-13-11(15)9(12)6-8-17-2/h9H,3-8,12H2,1-2H3,(H,13,15)/t9-/m0/s1. The van der Waals surface area contributed by atoms with Gasteiger partial charge in [-0.25, -0.2) is 0 Å². The molecular formula is C11H22N2O3S. The number of nitrogens with one attached hydrogen (secondary N) is 1. The Bertz CT molecular complexity index is 237. The van der Waals surface area contributed by atoms with Crippen molar-refractivity contribution in [2.45, 2.75) is 32.2 Å². The predicted molar refractivity (Wildman–Crippen MR) is 69.9 cm³/mol. The highest BCUT2D eigenvalue weighted by Crippen LogP contribution is 1.99. The number of carbonyl (C=O) groups is 2. The van der Waals surface area contributed by atoms with E-state index < -0.39 is 6.04 Å². The van der Waals surface area contributed by atoms with Crippen LogP contribution in [0.1, 0.15) is 26.2 Å². The minimum atomic E-state index is -0.454. The summed E-state index contributed by atoms with van der Waals surface area (Å²) in [6, 6.07) is -0.454. The first kappa shape index (κ1) is 16.2. The Morgan fingerprint density at radius 1 is 1.47 bits per heavy atom. The van der Waals surface area contributed by atoms with E-state index in [1.54, 1.807) is 18.7 Å². The molecule has 0 fully saturated rings. The Morgan fingerprint density at radius 2 is 2.18 bits per heavy atom. The van der Waals surface area contributed by atoms with E-state index in [1.165, 1.54) is 0 Å². The molecule has 0 aliphatic carbocycles. The number of ether oxygens (including phenoxy) is 1. The average Bonchev–Trinajstić information content (AvgIpc) is 2.31. The molecule has 0 aromatic carbocycles. The van der Waals surface area contributed by atoms with Crippen LogP contribution in [-0.4, -0.2) is 43.1 Å². The summed E-state index contributed by atoms with van der Waals surface area (Å²) in [5.74, 6) is 0.494. The van der Waals surface area contributed by atoms with Gasteiger partial charge in [0.15, 0.2) is 0 Å². The number of thioether (sulfide) groups is 1. The maximum Gasteiger partial charge on any atom is 0.305 e. The Hall–Kier alpha value is -0.750. The number of esters is 1. The summed E-state index contributed by atoms with van der Waals surface area (Å²) in [5.41, 5.74) is 5.68. The molecule has 0 spiro atoms. The van der Waals surface area contributed by atoms with Crippen LogP contribution >= 0.6 is 11.8 Å². The molecule has 100 valence electrons. The van der Waals surface area contributed by atoms with Crippen LogP contribution in [0.5, 0.6) is 0 Å². The van der Waals surface area contributed by atoms with Gasteiger partial charge < -0.3 is 15.8 Å². The number of carbonyl (C=O) groups excluding carboxylic acids is 2. The monoisotopic (exact) mass is 262 g/mol. The third-order valence-corrected chi connectivity index (χ3v) is 2.78. The fourth-order valence-corrected chi connectivity index (χ4v) is 1.67. The topological polar surface area (TPSA) is 81.4 Å². The largest absolute Gasteiger partial charge is 0.466 e. The summed E-state index contributed by atoms with van der Waals surface area (Å²) >= 11 is 1.66. The quantitative estimate of drug-likeness (QED) is 0.468. The van der Waals surface area contributed by atoms with Gasteiger partial charge in [0.1, 0.15) is 0 Å². The number of amides is 1. The molecule has 0 saturated carbocycles. The number of nitrogens with two attached hydrogens (primary N) is 1. The zero-order valence-electron chi connectivity index (χ0n) is 10.5. The summed E-state index contributed by atoms with van der Waals surface area (Å²) in [4.78, 5) is 22.5. The van der Waals surface area contributed by atoms with Crippen LogP contribution in [0.15, 0.2) is 0 Å². The summed E-state index contributed by atoms with van der Waals surface area (Å²) in [7, 11) is 0. The molecule has 1 amide bonds. The molecule has 0 heterocycles. The molecule has 3 N–H and O–H groups in total. The van der Waals surface area contributed by atoms with Crippen molar-refractivity contribution in [3.05, 3.63) is 0 Å². The van der Waals surface area contributed by atoms with Crippen molar-refractivity contribution in [2.24, 2.45) is 5.73 Å². The molecule has 0 aliphatic rings. The Balaban J connectivity index is 3.53. The number of hydrogen-bond acceptors (Lipinski definition) is 5. The zero-order valence-corrected chi connectivity index (χ0v) is 11.3. The van der Waals surface area contributed by atoms with E-state index in [-0.39, 0.29) is 11.9 Å². The zero-order chi connectivity index (χ0) is 13.1. The van der Waals surface area contributed by atoms with Crippen LogP contribution < -0.4 is 11.1 Å². The van der Waals surface area contributed by atoms with Gasteiger partial charge in [0.05, 0.1) is 12.6 Å². The molecule has 0 saturated heterocycles. The van der Waals surface area contributed by atoms with Crippen molar-refractivity contribution in [3.63, 3.8) is 0 Å². The van der Waals surface area contributed by atoms with E-state index >= 15 is 0 Å². The Kier molecular flexibility index (Phi) is 9.95. The number of rotatable bonds is 9. The maximum absolute atomic E-state index is 11.5. The molecule has 17 heavy (non-hydrogen) atoms. The summed E-state index contributed by atoms with van der Waals surface area (Å²) < 4.78 is 4.77. The highest BCUT2D eigenvalue weighted by atomic mass is 32.2. The van der Waals surface area contributed by atoms with E-state index in [1.807, 2.05) is 6.26 Å². The first-order valence-electron chi connectivity index (χ1n) is 5.79. The second-order valence-electron chi connectivity index (χ2n) is 3.59. The first-order valence-corrected chi connectivity index (χ1v) is 7.19. The van der Waals surface area contributed by atoms with Crippen molar-refractivity contribution in [2.75, 3.05) is 25.2 Å². The van der Waals surface area contributed by atoms with Gasteiger partial charge in [0.2, 0.25) is 5.91 Å². The smallest absolute Gasteiger partial charge is 0.305 e. The van der Waals surface area contributed by atoms with Crippen molar-refractivity contribution in [1.29, 1.82) is 0 Å². The molecule has 0 aliphatic heterocycles. The molecule has 0 unspecified atom stereocenters. The molecule has 0 aromatic heterocycles. The Morgan fingerprint density at radius 3 is 2.76 bits per heavy atom. The molecule has 0 aromatic rings. The van der Waals surface area contributed by atoms with Gasteiger partial charge >= 0.3 is 5.97 Å². The average molecular weight is 262 g/mol. The lowest BCUT2D eigenvalue weighted by atomic mass is 10.2. The summed E-state index contributed by atoms with van der Waals surface area (Å²) in [6.07, 6.45) is 3.56. The third-order valence-electron chi connectivity index (χ3n) is 2.13. The van der Waals surface area contributed by atoms with Crippen LogP contribution in [0.4, 0.5) is 0 Å². The van der Waals surface area contributed by atoms with Crippen molar-refractivity contribution in [1.82, 2.24) is 5.32 Å². The molecular weight excluding hydrogens is 240 g/mol. The van der Waals surface area contributed by atoms with Crippen LogP contribution in [0.2, 0.25) is 0 Å². The molecule has 0 rings (SSSR count). The van der Waals surface area contributed by atoms with Gasteiger partial charge in [-0.1, -0.05) is 0 Å². The van der Waals surface area contributed by atoms with E-state index in [0.717, 1.165) is 5.75 Å². The highest BCUT2D eigenvalue weighted by molar-refractivity contribution is 7.98. The minimum absolute atomic E-state index is 0.150. The van der Waals surface area contributed by atoms with E-state index in [9.17, 15) is 9.59 Å². The maximum atomic E-state index is 11.5. The van der Waals surface area contributed by atoms with E-state index in [2.05, 4.69) is 5.32 Å². The lowest BCUT2D eigenvalue weighted by Gasteiger charge is -2.11. The van der Waals surface area contributed by atoms with Crippen LogP contribution in [-0.2, 0) is 14.3 Å². The third kappa shape index (κ3) is 9.00. The molecule has 0 radical (unpaired) electrons. The first-order chi connectivity index (χ1) is 8.11. The van der Waals surface area contributed by atoms with Crippen molar-refractivity contribution in [3.8, 4) is 0 Å². The molecule has 0 bridgehead atoms. The van der Waals surface area contributed by atoms with Gasteiger partial charge in [0.25, 0.3) is 0 Å². The van der Waals surface area contributed by atoms with E-state index in [4.69, 9.17) is 10.5 Å². The highest BCUT2D eigenvalue weighted by Gasteiger charge is 2.12. The Labute approximate surface area is 107 Å². The minimum Gasteiger partial charge on any atom is -0.466 e. The van der Waals surface area contributed by atoms with Gasteiger partial charge in [-0.2, -0.15) is 11.8 Å². The van der Waals surface area contributed by atoms with E-state index in [0.29, 0.717) is 32.4 Å². The normalized spacial score (nSPS) is 11.9. The SMILES string of the molecule is CCOC(=O)CCCNC(=O)[C@@H](N)CCSC. The lowest BCUT2D eigenvalue weighted by molar-refractivity contribution is -0.143. The fourth-order valence-electron chi connectivity index (χ4n) is 1.18. The van der Waals surface area contributed by atoms with Gasteiger partial charge in [-0.3, -0.25) is 9.59 Å². The van der Waals surface area contributed by atoms with Gasteiger partial charge in [0, 0.05) is 13.0 Å². The summed E-state index contributed by atoms with van der Waals surface area (Å²) in [5, 5.41) is 2.71. The van der Waals surface area contributed by atoms with Gasteiger partial charge in [-0.15, -0.1) is 0 Å². The lowest BCUT2D eigenvalue weighted by Crippen LogP contribution is -2.41. The fraction of sp³-hybridized carbons (Fsp3) is 0.818. The van der Waals surface area contributed by atoms with Crippen molar-refractivity contribution < 1.29 is 14.3 Å². The van der Waals surface area contributed by atoms with Crippen LogP contribution in [0, 0.1) is 0 Å². The van der Waals surface area contributed by atoms with Crippen molar-refractivity contribution >= 4 is 23.6 Å². The van der Waals surface area contributed by atoms with Crippen LogP contribution in [0.25, 0.3) is 0 Å². The molecule has 1 atom stereocenters. The second-order valence-corrected chi connectivity index (χ2v) is 4.57. The van der Waals surface area contributed by atoms with Crippen LogP contribution in [0.3, 0.4) is 0 Å². The van der Waals surface area contributed by atoms with Gasteiger partial charge in [-0.05, 0) is 31.8 Å². The predicted octanol–water partition coefficient (Wildman–Crippen LogP) is 0.526. The second kappa shape index (κ2) is 10.4. The number of hydrogen-bond donors (Lipinski definition) is 2. The molecule has 5 nitrogen and oxygen atoms in total. The molecule has 6 heteroatoms. The summed E-state index contributed by atoms with van der Waals surface area (Å²) in [6.45, 7) is 2.62.